The highest BCUT2D eigenvalue weighted by molar-refractivity contribution is 5.95. The van der Waals surface area contributed by atoms with Crippen molar-refractivity contribution in [2.24, 2.45) is 0 Å². The van der Waals surface area contributed by atoms with Crippen LogP contribution in [-0.2, 0) is 0 Å². The van der Waals surface area contributed by atoms with Crippen LogP contribution in [0, 0.1) is 0 Å². The third-order valence-corrected chi connectivity index (χ3v) is 1.50. The van der Waals surface area contributed by atoms with Crippen LogP contribution in [0.4, 0.5) is 0 Å². The normalized spacial score (nSPS) is 9.55. The van der Waals surface area contributed by atoms with Crippen LogP contribution in [0.5, 0.6) is 0 Å². The van der Waals surface area contributed by atoms with Crippen LogP contribution in [0.2, 0.25) is 0 Å². The molecule has 0 heterocycles. The highest BCUT2D eigenvalue weighted by Crippen LogP contribution is 2.00. The second-order valence-electron chi connectivity index (χ2n) is 2.39. The Morgan fingerprint density at radius 1 is 1.27 bits per heavy atom. The minimum Gasteiger partial charge on any atom is -0.357 e. The van der Waals surface area contributed by atoms with E-state index in [0.717, 1.165) is 5.56 Å². The van der Waals surface area contributed by atoms with Crippen LogP contribution >= 0.6 is 0 Å². The molecule has 0 saturated heterocycles. The molecule has 1 aromatic rings. The van der Waals surface area contributed by atoms with Gasteiger partial charge in [0.15, 0.2) is 5.78 Å². The lowest BCUT2D eigenvalue weighted by Gasteiger charge is -1.95. The standard InChI is InChI=1S/C9H11NO/c10-7-6-9(11)8-4-2-1-3-5-8/h1-5H,6-7,10H2/p+1. The Kier molecular flexibility index (Phi) is 2.81. The van der Waals surface area contributed by atoms with E-state index in [4.69, 9.17) is 0 Å². The number of hydrogen-bond acceptors (Lipinski definition) is 1. The lowest BCUT2D eigenvalue weighted by molar-refractivity contribution is -0.365. The zero-order valence-corrected chi connectivity index (χ0v) is 6.42. The zero-order valence-electron chi connectivity index (χ0n) is 6.42. The summed E-state index contributed by atoms with van der Waals surface area (Å²) in [5.74, 6) is 0.181. The molecule has 0 aliphatic rings. The molecule has 1 rings (SSSR count). The van der Waals surface area contributed by atoms with Crippen LogP contribution in [0.25, 0.3) is 0 Å². The van der Waals surface area contributed by atoms with E-state index >= 15 is 0 Å². The van der Waals surface area contributed by atoms with Gasteiger partial charge in [-0.3, -0.25) is 4.79 Å². The van der Waals surface area contributed by atoms with Crippen molar-refractivity contribution in [3.05, 3.63) is 35.9 Å². The van der Waals surface area contributed by atoms with Crippen molar-refractivity contribution < 1.29 is 10.5 Å². The van der Waals surface area contributed by atoms with Crippen LogP contribution in [0.3, 0.4) is 0 Å². The Labute approximate surface area is 66.0 Å². The molecule has 0 amide bonds. The molecule has 0 atom stereocenters. The van der Waals surface area contributed by atoms with Crippen LogP contribution < -0.4 is 5.73 Å². The summed E-state index contributed by atoms with van der Waals surface area (Å²) in [6.07, 6.45) is 0.546. The largest absolute Gasteiger partial charge is 0.357 e. The molecule has 2 nitrogen and oxygen atoms in total. The van der Waals surface area contributed by atoms with E-state index in [1.807, 2.05) is 30.3 Å². The molecule has 0 bridgehead atoms. The van der Waals surface area contributed by atoms with Gasteiger partial charge in [0.05, 0.1) is 13.0 Å². The van der Waals surface area contributed by atoms with Gasteiger partial charge in [-0.15, -0.1) is 0 Å². The van der Waals surface area contributed by atoms with Crippen LogP contribution in [0.1, 0.15) is 16.8 Å². The average molecular weight is 150 g/mol. The topological polar surface area (TPSA) is 44.7 Å². The second-order valence-corrected chi connectivity index (χ2v) is 2.39. The summed E-state index contributed by atoms with van der Waals surface area (Å²) in [4.78, 5) is 11.2. The Morgan fingerprint density at radius 3 is 2.45 bits per heavy atom. The van der Waals surface area contributed by atoms with Crippen molar-refractivity contribution >= 4 is 5.78 Å². The number of benzene rings is 1. The molecule has 0 fully saturated rings. The van der Waals surface area contributed by atoms with Crippen molar-refractivity contribution in [3.63, 3.8) is 0 Å². The summed E-state index contributed by atoms with van der Waals surface area (Å²) < 4.78 is 0. The van der Waals surface area contributed by atoms with Gasteiger partial charge >= 0.3 is 0 Å². The van der Waals surface area contributed by atoms with Gasteiger partial charge in [-0.2, -0.15) is 0 Å². The summed E-state index contributed by atoms with van der Waals surface area (Å²) in [6.45, 7) is 0.674. The van der Waals surface area contributed by atoms with Crippen LogP contribution in [-0.4, -0.2) is 12.3 Å². The molecule has 3 N–H and O–H groups in total. The summed E-state index contributed by atoms with van der Waals surface area (Å²) in [7, 11) is 0. The SMILES string of the molecule is [NH3+]CCC(=O)c1ccccc1. The lowest BCUT2D eigenvalue weighted by atomic mass is 10.1. The highest BCUT2D eigenvalue weighted by Gasteiger charge is 2.02. The van der Waals surface area contributed by atoms with Crippen molar-refractivity contribution in [3.8, 4) is 0 Å². The van der Waals surface area contributed by atoms with E-state index in [1.54, 1.807) is 0 Å². The maximum absolute atomic E-state index is 11.2. The van der Waals surface area contributed by atoms with Crippen molar-refractivity contribution in [2.45, 2.75) is 6.42 Å². The molecule has 0 radical (unpaired) electrons. The molecule has 0 aromatic heterocycles. The fraction of sp³-hybridized carbons (Fsp3) is 0.222. The fourth-order valence-electron chi connectivity index (χ4n) is 0.929. The maximum atomic E-state index is 11.2. The quantitative estimate of drug-likeness (QED) is 0.626. The number of hydrogen-bond donors (Lipinski definition) is 1. The molecule has 1 aromatic carbocycles. The van der Waals surface area contributed by atoms with Gasteiger partial charge in [0, 0.05) is 5.56 Å². The Morgan fingerprint density at radius 2 is 1.91 bits per heavy atom. The molecule has 11 heavy (non-hydrogen) atoms. The first kappa shape index (κ1) is 7.95. The number of carbonyl (C=O) groups is 1. The maximum Gasteiger partial charge on any atom is 0.168 e. The van der Waals surface area contributed by atoms with Crippen molar-refractivity contribution in [2.75, 3.05) is 6.54 Å². The van der Waals surface area contributed by atoms with Gasteiger partial charge in [-0.25, -0.2) is 0 Å². The second kappa shape index (κ2) is 3.88. The number of Topliss-reactive ketones (excluding diaryl/α,β-unsaturated/α-hetero) is 1. The molecule has 58 valence electrons. The van der Waals surface area contributed by atoms with E-state index < -0.39 is 0 Å². The minimum atomic E-state index is 0.181. The van der Waals surface area contributed by atoms with Gasteiger partial charge < -0.3 is 5.73 Å². The predicted molar refractivity (Wildman–Crippen MR) is 43.1 cm³/mol. The Hall–Kier alpha value is -1.15. The van der Waals surface area contributed by atoms with E-state index in [0.29, 0.717) is 13.0 Å². The average Bonchev–Trinajstić information content (AvgIpc) is 2.07. The third kappa shape index (κ3) is 2.16. The molecule has 0 aliphatic heterocycles. The minimum absolute atomic E-state index is 0.181. The number of rotatable bonds is 3. The van der Waals surface area contributed by atoms with E-state index in [9.17, 15) is 4.79 Å². The number of carbonyl (C=O) groups excluding carboxylic acids is 1. The van der Waals surface area contributed by atoms with Gasteiger partial charge in [0.1, 0.15) is 0 Å². The molecule has 0 aliphatic carbocycles. The molecule has 2 heteroatoms. The first-order valence-electron chi connectivity index (χ1n) is 3.72. The van der Waals surface area contributed by atoms with E-state index in [1.165, 1.54) is 0 Å². The zero-order chi connectivity index (χ0) is 8.10. The smallest absolute Gasteiger partial charge is 0.168 e. The molecule has 0 spiro atoms. The highest BCUT2D eigenvalue weighted by atomic mass is 16.1. The predicted octanol–water partition coefficient (Wildman–Crippen LogP) is 0.501. The molecular formula is C9H12NO+. The van der Waals surface area contributed by atoms with E-state index in [2.05, 4.69) is 5.73 Å². The molecule has 0 unspecified atom stereocenters. The van der Waals surface area contributed by atoms with Crippen LogP contribution in [0.15, 0.2) is 30.3 Å². The number of quaternary nitrogens is 1. The van der Waals surface area contributed by atoms with Gasteiger partial charge in [-0.05, 0) is 0 Å². The van der Waals surface area contributed by atoms with Crippen molar-refractivity contribution in [1.82, 2.24) is 0 Å². The van der Waals surface area contributed by atoms with Crippen molar-refractivity contribution in [1.29, 1.82) is 0 Å². The molecule has 0 saturated carbocycles. The van der Waals surface area contributed by atoms with Gasteiger partial charge in [-0.1, -0.05) is 30.3 Å². The third-order valence-electron chi connectivity index (χ3n) is 1.50. The number of ketones is 1. The first-order chi connectivity index (χ1) is 5.34. The Bertz CT molecular complexity index is 231. The lowest BCUT2D eigenvalue weighted by Crippen LogP contribution is -2.50. The first-order valence-corrected chi connectivity index (χ1v) is 3.72. The molecular weight excluding hydrogens is 138 g/mol. The fourth-order valence-corrected chi connectivity index (χ4v) is 0.929. The summed E-state index contributed by atoms with van der Waals surface area (Å²) in [5.41, 5.74) is 4.42. The van der Waals surface area contributed by atoms with E-state index in [-0.39, 0.29) is 5.78 Å². The summed E-state index contributed by atoms with van der Waals surface area (Å²) >= 11 is 0. The Balaban J connectivity index is 2.69. The van der Waals surface area contributed by atoms with Gasteiger partial charge in [0.2, 0.25) is 0 Å². The monoisotopic (exact) mass is 150 g/mol. The summed E-state index contributed by atoms with van der Waals surface area (Å²) in [5, 5.41) is 0. The summed E-state index contributed by atoms with van der Waals surface area (Å²) in [6, 6.07) is 9.31. The van der Waals surface area contributed by atoms with Gasteiger partial charge in [0.25, 0.3) is 0 Å².